The SMILES string of the molecule is COc1cccc(C2=Nc3cc(C)c(C)cc3N=C(SCC(=O)Nc3ccc(C)cc3C)C2)c1. The van der Waals surface area contributed by atoms with E-state index in [0.29, 0.717) is 6.42 Å². The standard InChI is InChI=1S/C28H29N3O2S/c1-17-9-10-23(20(4)11-17)30-27(32)16-34-28-15-24(21-7-6-8-22(14-21)33-5)29-25-12-18(2)19(3)13-26(25)31-28/h6-14H,15-16H2,1-5H3,(H,30,32). The Morgan fingerprint density at radius 1 is 0.941 bits per heavy atom. The number of carbonyl (C=O) groups excluding carboxylic acids is 1. The summed E-state index contributed by atoms with van der Waals surface area (Å²) in [5.41, 5.74) is 8.97. The molecule has 0 radical (unpaired) electrons. The number of ether oxygens (including phenoxy) is 1. The highest BCUT2D eigenvalue weighted by Crippen LogP contribution is 2.36. The van der Waals surface area contributed by atoms with Crippen LogP contribution in [0.25, 0.3) is 0 Å². The van der Waals surface area contributed by atoms with Gasteiger partial charge in [0.2, 0.25) is 5.91 Å². The van der Waals surface area contributed by atoms with Crippen molar-refractivity contribution in [3.05, 3.63) is 82.4 Å². The molecular weight excluding hydrogens is 442 g/mol. The fourth-order valence-corrected chi connectivity index (χ4v) is 4.58. The van der Waals surface area contributed by atoms with Gasteiger partial charge < -0.3 is 10.1 Å². The van der Waals surface area contributed by atoms with Gasteiger partial charge in [-0.05, 0) is 74.7 Å². The number of nitrogens with one attached hydrogen (secondary N) is 1. The van der Waals surface area contributed by atoms with Gasteiger partial charge in [-0.1, -0.05) is 29.8 Å². The number of hydrogen-bond donors (Lipinski definition) is 1. The molecular formula is C28H29N3O2S. The summed E-state index contributed by atoms with van der Waals surface area (Å²) >= 11 is 1.45. The zero-order valence-corrected chi connectivity index (χ0v) is 21.0. The van der Waals surface area contributed by atoms with E-state index in [4.69, 9.17) is 14.7 Å². The zero-order chi connectivity index (χ0) is 24.2. The summed E-state index contributed by atoms with van der Waals surface area (Å²) in [6, 6.07) is 18.1. The maximum absolute atomic E-state index is 12.7. The van der Waals surface area contributed by atoms with Crippen LogP contribution in [0.4, 0.5) is 17.1 Å². The smallest absolute Gasteiger partial charge is 0.234 e. The highest BCUT2D eigenvalue weighted by Gasteiger charge is 2.18. The highest BCUT2D eigenvalue weighted by atomic mass is 32.2. The Balaban J connectivity index is 1.59. The Hall–Kier alpha value is -3.38. The van der Waals surface area contributed by atoms with E-state index in [1.54, 1.807) is 7.11 Å². The van der Waals surface area contributed by atoms with E-state index < -0.39 is 0 Å². The van der Waals surface area contributed by atoms with Crippen molar-refractivity contribution in [3.63, 3.8) is 0 Å². The van der Waals surface area contributed by atoms with Crippen molar-refractivity contribution in [3.8, 4) is 5.75 Å². The van der Waals surface area contributed by atoms with Gasteiger partial charge in [-0.15, -0.1) is 11.8 Å². The maximum Gasteiger partial charge on any atom is 0.234 e. The third-order valence-electron chi connectivity index (χ3n) is 5.84. The van der Waals surface area contributed by atoms with Crippen molar-refractivity contribution in [1.29, 1.82) is 0 Å². The zero-order valence-electron chi connectivity index (χ0n) is 20.2. The summed E-state index contributed by atoms with van der Waals surface area (Å²) in [6.45, 7) is 8.20. The lowest BCUT2D eigenvalue weighted by molar-refractivity contribution is -0.113. The van der Waals surface area contributed by atoms with Crippen LogP contribution in [0.3, 0.4) is 0 Å². The Morgan fingerprint density at radius 2 is 1.68 bits per heavy atom. The second-order valence-electron chi connectivity index (χ2n) is 8.55. The van der Waals surface area contributed by atoms with Gasteiger partial charge in [0.1, 0.15) is 5.75 Å². The van der Waals surface area contributed by atoms with Crippen LogP contribution in [0.5, 0.6) is 5.75 Å². The number of fused-ring (bicyclic) bond motifs is 1. The van der Waals surface area contributed by atoms with Crippen LogP contribution in [-0.4, -0.2) is 29.5 Å². The van der Waals surface area contributed by atoms with Gasteiger partial charge in [-0.25, -0.2) is 4.99 Å². The molecule has 4 rings (SSSR count). The second-order valence-corrected chi connectivity index (χ2v) is 9.60. The molecule has 1 amide bonds. The van der Waals surface area contributed by atoms with Crippen LogP contribution in [-0.2, 0) is 4.79 Å². The van der Waals surface area contributed by atoms with E-state index in [-0.39, 0.29) is 11.7 Å². The van der Waals surface area contributed by atoms with Crippen molar-refractivity contribution >= 4 is 45.5 Å². The van der Waals surface area contributed by atoms with Gasteiger partial charge in [-0.2, -0.15) is 0 Å². The Kier molecular flexibility index (Phi) is 7.17. The largest absolute Gasteiger partial charge is 0.497 e. The van der Waals surface area contributed by atoms with Gasteiger partial charge in [0.25, 0.3) is 0 Å². The molecule has 0 aromatic heterocycles. The summed E-state index contributed by atoms with van der Waals surface area (Å²) in [4.78, 5) is 22.6. The van der Waals surface area contributed by atoms with Crippen LogP contribution in [0, 0.1) is 27.7 Å². The van der Waals surface area contributed by atoms with Crippen molar-refractivity contribution in [2.75, 3.05) is 18.2 Å². The number of anilines is 1. The number of methoxy groups -OCH3 is 1. The number of hydrogen-bond acceptors (Lipinski definition) is 5. The Morgan fingerprint density at radius 3 is 2.38 bits per heavy atom. The number of nitrogens with zero attached hydrogens (tertiary/aromatic N) is 2. The molecule has 5 nitrogen and oxygen atoms in total. The monoisotopic (exact) mass is 471 g/mol. The van der Waals surface area contributed by atoms with Gasteiger partial charge in [0.15, 0.2) is 0 Å². The lowest BCUT2D eigenvalue weighted by Crippen LogP contribution is -2.17. The molecule has 174 valence electrons. The third kappa shape index (κ3) is 5.57. The van der Waals surface area contributed by atoms with Crippen LogP contribution < -0.4 is 10.1 Å². The fraction of sp³-hybridized carbons (Fsp3) is 0.250. The lowest BCUT2D eigenvalue weighted by atomic mass is 10.1. The number of benzene rings is 3. The van der Waals surface area contributed by atoms with Gasteiger partial charge >= 0.3 is 0 Å². The molecule has 1 aliphatic heterocycles. The molecule has 0 unspecified atom stereocenters. The van der Waals surface area contributed by atoms with Crippen LogP contribution in [0.1, 0.15) is 34.2 Å². The number of rotatable bonds is 5. The number of aliphatic imine (C=N–C) groups is 2. The molecule has 3 aromatic rings. The highest BCUT2D eigenvalue weighted by molar-refractivity contribution is 8.14. The molecule has 1 N–H and O–H groups in total. The second kappa shape index (κ2) is 10.3. The maximum atomic E-state index is 12.7. The fourth-order valence-electron chi connectivity index (χ4n) is 3.81. The molecule has 0 spiro atoms. The van der Waals surface area contributed by atoms with Crippen molar-refractivity contribution in [2.45, 2.75) is 34.1 Å². The first-order valence-electron chi connectivity index (χ1n) is 11.2. The first-order valence-corrected chi connectivity index (χ1v) is 12.2. The van der Waals surface area contributed by atoms with Crippen molar-refractivity contribution in [2.24, 2.45) is 9.98 Å². The minimum absolute atomic E-state index is 0.0518. The molecule has 0 fully saturated rings. The molecule has 0 atom stereocenters. The van der Waals surface area contributed by atoms with E-state index in [1.165, 1.54) is 28.5 Å². The average Bonchev–Trinajstić information content (AvgIpc) is 2.99. The van der Waals surface area contributed by atoms with Crippen LogP contribution in [0.15, 0.2) is 64.6 Å². The van der Waals surface area contributed by atoms with Gasteiger partial charge in [0, 0.05) is 17.7 Å². The summed E-state index contributed by atoms with van der Waals surface area (Å²) in [6.07, 6.45) is 0.543. The van der Waals surface area contributed by atoms with Crippen LogP contribution >= 0.6 is 11.8 Å². The van der Waals surface area contributed by atoms with Crippen LogP contribution in [0.2, 0.25) is 0 Å². The minimum atomic E-state index is -0.0518. The molecule has 6 heteroatoms. The van der Waals surface area contributed by atoms with E-state index in [0.717, 1.165) is 44.7 Å². The molecule has 3 aromatic carbocycles. The summed E-state index contributed by atoms with van der Waals surface area (Å²) < 4.78 is 5.42. The quantitative estimate of drug-likeness (QED) is 0.442. The normalized spacial score (nSPS) is 12.9. The summed E-state index contributed by atoms with van der Waals surface area (Å²) in [7, 11) is 1.66. The Labute approximate surface area is 205 Å². The molecule has 1 heterocycles. The molecule has 0 bridgehead atoms. The van der Waals surface area contributed by atoms with Gasteiger partial charge in [0.05, 0.1) is 35.0 Å². The van der Waals surface area contributed by atoms with Crippen molar-refractivity contribution in [1.82, 2.24) is 0 Å². The molecule has 34 heavy (non-hydrogen) atoms. The minimum Gasteiger partial charge on any atom is -0.497 e. The van der Waals surface area contributed by atoms with E-state index in [1.807, 2.05) is 50.2 Å². The summed E-state index contributed by atoms with van der Waals surface area (Å²) in [5, 5.41) is 3.89. The summed E-state index contributed by atoms with van der Waals surface area (Å²) in [5.74, 6) is 1.00. The predicted molar refractivity (Wildman–Crippen MR) is 144 cm³/mol. The number of amides is 1. The lowest BCUT2D eigenvalue weighted by Gasteiger charge is -2.11. The first kappa shape index (κ1) is 23.8. The molecule has 0 saturated carbocycles. The predicted octanol–water partition coefficient (Wildman–Crippen LogP) is 6.86. The third-order valence-corrected chi connectivity index (χ3v) is 6.81. The van der Waals surface area contributed by atoms with E-state index in [2.05, 4.69) is 37.4 Å². The van der Waals surface area contributed by atoms with Crippen molar-refractivity contribution < 1.29 is 9.53 Å². The average molecular weight is 472 g/mol. The molecule has 0 aliphatic carbocycles. The number of aryl methyl sites for hydroxylation is 4. The Bertz CT molecular complexity index is 1310. The topological polar surface area (TPSA) is 63.1 Å². The molecule has 1 aliphatic rings. The first-order chi connectivity index (χ1) is 16.3. The van der Waals surface area contributed by atoms with Gasteiger partial charge in [-0.3, -0.25) is 9.79 Å². The van der Waals surface area contributed by atoms with E-state index in [9.17, 15) is 4.79 Å². The number of carbonyl (C=O) groups is 1. The number of thioether (sulfide) groups is 1. The molecule has 0 saturated heterocycles. The van der Waals surface area contributed by atoms with E-state index >= 15 is 0 Å².